The summed E-state index contributed by atoms with van der Waals surface area (Å²) in [7, 11) is -16.7. The van der Waals surface area contributed by atoms with Gasteiger partial charge in [-0.2, -0.15) is 8.62 Å². The summed E-state index contributed by atoms with van der Waals surface area (Å²) in [6, 6.07) is -1.12. The third kappa shape index (κ3) is 4.86. The number of anilines is 1. The van der Waals surface area contributed by atoms with Crippen LogP contribution >= 0.6 is 23.5 Å². The molecule has 20 nitrogen and oxygen atoms in total. The topological polar surface area (TPSA) is 297 Å². The first-order chi connectivity index (χ1) is 15.8. The van der Waals surface area contributed by atoms with E-state index in [-0.39, 0.29) is 23.6 Å². The smallest absolute Gasteiger partial charge is 0.382 e. The van der Waals surface area contributed by atoms with Crippen molar-refractivity contribution in [1.29, 1.82) is 0 Å². The quantitative estimate of drug-likeness (QED) is 0.121. The Morgan fingerprint density at radius 1 is 1.24 bits per heavy atom. The Morgan fingerprint density at radius 2 is 1.97 bits per heavy atom. The van der Waals surface area contributed by atoms with Crippen molar-refractivity contribution in [3.63, 3.8) is 0 Å². The average molecular weight is 544 g/mol. The van der Waals surface area contributed by atoms with Crippen LogP contribution in [0.2, 0.25) is 0 Å². The van der Waals surface area contributed by atoms with Crippen LogP contribution in [0.15, 0.2) is 17.8 Å². The highest BCUT2D eigenvalue weighted by Gasteiger charge is 2.63. The Hall–Kier alpha value is -2.01. The predicted molar refractivity (Wildman–Crippen MR) is 105 cm³/mol. The molecule has 2 saturated heterocycles. The van der Waals surface area contributed by atoms with Crippen molar-refractivity contribution in [2.75, 3.05) is 18.9 Å². The number of azide groups is 1. The van der Waals surface area contributed by atoms with Gasteiger partial charge < -0.3 is 34.8 Å². The van der Waals surface area contributed by atoms with Crippen LogP contribution in [0.5, 0.6) is 0 Å². The number of nitrogens with two attached hydrogens (primary N) is 1. The number of aromatic nitrogens is 4. The van der Waals surface area contributed by atoms with E-state index in [9.17, 15) is 23.5 Å². The van der Waals surface area contributed by atoms with E-state index >= 15 is 0 Å². The van der Waals surface area contributed by atoms with Crippen molar-refractivity contribution in [2.45, 2.75) is 24.0 Å². The second kappa shape index (κ2) is 8.58. The molecular formula is C11H15N8O12P3. The van der Waals surface area contributed by atoms with Gasteiger partial charge in [0.1, 0.15) is 29.6 Å². The fourth-order valence-electron chi connectivity index (χ4n) is 3.52. The van der Waals surface area contributed by atoms with E-state index in [4.69, 9.17) is 35.0 Å². The molecule has 6 atom stereocenters. The van der Waals surface area contributed by atoms with Gasteiger partial charge >= 0.3 is 23.5 Å². The van der Waals surface area contributed by atoms with Crippen LogP contribution in [-0.2, 0) is 36.3 Å². The number of phosphoric acid groups is 3. The standard InChI is InChI=1S/C11H15N8O12P3/c12-8-5-9(15-3-14-8)19(4-16-5)10-6-7(17-18-13)11(29-10,1-27-6)2-28-33(23,24)31-34(25,26)30-32(20,21)22/h3-4,6-7,10H,1-2H2,(H,23,24)(H,25,26)(H2,12,14,15)(H2,20,21,22)/t6-,7+,10-,11-/m1/s1. The summed E-state index contributed by atoms with van der Waals surface area (Å²) in [5, 5.41) is 3.62. The SMILES string of the molecule is [N-]=[N+]=N[C@H]1[C@H]2OC[C@]1(COP(=O)(O)OP(=O)(O)OP(=O)(O)O)O[C@H]2n1cnc2c(N)ncnc21. The zero-order valence-corrected chi connectivity index (χ0v) is 19.1. The highest BCUT2D eigenvalue weighted by atomic mass is 31.3. The molecule has 34 heavy (non-hydrogen) atoms. The summed E-state index contributed by atoms with van der Waals surface area (Å²) in [4.78, 5) is 51.0. The number of ether oxygens (including phenoxy) is 2. The van der Waals surface area contributed by atoms with Gasteiger partial charge in [-0.25, -0.2) is 28.6 Å². The molecule has 2 aromatic rings. The Balaban J connectivity index is 1.57. The predicted octanol–water partition coefficient (Wildman–Crippen LogP) is 0.0971. The van der Waals surface area contributed by atoms with E-state index in [1.165, 1.54) is 17.2 Å². The number of hydrogen-bond acceptors (Lipinski definition) is 13. The molecule has 0 radical (unpaired) electrons. The first-order valence-electron chi connectivity index (χ1n) is 8.81. The van der Waals surface area contributed by atoms with Crippen molar-refractivity contribution in [3.8, 4) is 0 Å². The molecule has 2 aliphatic rings. The molecule has 4 rings (SSSR count). The monoisotopic (exact) mass is 544 g/mol. The first kappa shape index (κ1) is 25.1. The Bertz CT molecular complexity index is 1310. The third-order valence-corrected chi connectivity index (χ3v) is 8.51. The molecule has 2 unspecified atom stereocenters. The van der Waals surface area contributed by atoms with Crippen LogP contribution in [0.4, 0.5) is 5.82 Å². The van der Waals surface area contributed by atoms with Crippen molar-refractivity contribution >= 4 is 40.4 Å². The largest absolute Gasteiger partial charge is 0.490 e. The number of hydrogen-bond donors (Lipinski definition) is 5. The average Bonchev–Trinajstić information content (AvgIpc) is 3.35. The van der Waals surface area contributed by atoms with Gasteiger partial charge in [-0.3, -0.25) is 9.09 Å². The van der Waals surface area contributed by atoms with E-state index in [1.54, 1.807) is 0 Å². The normalized spacial score (nSPS) is 30.1. The van der Waals surface area contributed by atoms with Gasteiger partial charge in [0, 0.05) is 4.91 Å². The fourth-order valence-corrected chi connectivity index (χ4v) is 6.59. The van der Waals surface area contributed by atoms with Crippen molar-refractivity contribution in [1.82, 2.24) is 19.5 Å². The molecule has 6 N–H and O–H groups in total. The minimum atomic E-state index is -5.72. The minimum absolute atomic E-state index is 0.0850. The first-order valence-corrected chi connectivity index (χ1v) is 13.3. The Morgan fingerprint density at radius 3 is 2.65 bits per heavy atom. The van der Waals surface area contributed by atoms with Gasteiger partial charge in [-0.1, -0.05) is 5.11 Å². The van der Waals surface area contributed by atoms with Gasteiger partial charge in [0.15, 0.2) is 17.7 Å². The Kier molecular flexibility index (Phi) is 6.33. The molecule has 0 spiro atoms. The lowest BCUT2D eigenvalue weighted by atomic mass is 9.98. The lowest BCUT2D eigenvalue weighted by Gasteiger charge is -2.31. The van der Waals surface area contributed by atoms with Crippen molar-refractivity contribution < 1.29 is 55.9 Å². The number of rotatable bonds is 9. The van der Waals surface area contributed by atoms with Crippen LogP contribution in [0.25, 0.3) is 21.6 Å². The number of nitrogens with zero attached hydrogens (tertiary/aromatic N) is 7. The highest BCUT2D eigenvalue weighted by molar-refractivity contribution is 7.66. The molecule has 0 aliphatic carbocycles. The lowest BCUT2D eigenvalue weighted by Crippen LogP contribution is -2.44. The lowest BCUT2D eigenvalue weighted by molar-refractivity contribution is -0.181. The van der Waals surface area contributed by atoms with Crippen molar-refractivity contribution in [2.24, 2.45) is 5.11 Å². The molecule has 2 fully saturated rings. The number of imidazole rings is 1. The number of phosphoric ester groups is 1. The van der Waals surface area contributed by atoms with Crippen LogP contribution in [0, 0.1) is 0 Å². The molecule has 186 valence electrons. The summed E-state index contributed by atoms with van der Waals surface area (Å²) < 4.78 is 59.4. The zero-order chi connectivity index (χ0) is 24.9. The van der Waals surface area contributed by atoms with Gasteiger partial charge in [-0.15, -0.1) is 0 Å². The fraction of sp³-hybridized carbons (Fsp3) is 0.545. The second-order valence-electron chi connectivity index (χ2n) is 6.95. The molecular weight excluding hydrogens is 529 g/mol. The second-order valence-corrected chi connectivity index (χ2v) is 11.4. The molecule has 2 aliphatic heterocycles. The molecule has 0 saturated carbocycles. The Labute approximate surface area is 187 Å². The molecule has 23 heteroatoms. The summed E-state index contributed by atoms with van der Waals surface area (Å²) >= 11 is 0. The summed E-state index contributed by atoms with van der Waals surface area (Å²) in [6.07, 6.45) is 0.537. The minimum Gasteiger partial charge on any atom is -0.382 e. The van der Waals surface area contributed by atoms with Crippen LogP contribution in [0.3, 0.4) is 0 Å². The van der Waals surface area contributed by atoms with E-state index in [0.29, 0.717) is 0 Å². The van der Waals surface area contributed by atoms with E-state index in [2.05, 4.69) is 33.6 Å². The van der Waals surface area contributed by atoms with Gasteiger partial charge in [0.25, 0.3) is 0 Å². The maximum absolute atomic E-state index is 12.1. The number of nitrogen functional groups attached to an aromatic ring is 1. The van der Waals surface area contributed by atoms with Crippen LogP contribution < -0.4 is 5.73 Å². The molecule has 0 aromatic carbocycles. The summed E-state index contributed by atoms with van der Waals surface area (Å²) in [6.45, 7) is -1.17. The molecule has 4 heterocycles. The molecule has 2 bridgehead atoms. The number of fused-ring (bicyclic) bond motifs is 3. The zero-order valence-electron chi connectivity index (χ0n) is 16.4. The molecule has 2 aromatic heterocycles. The third-order valence-electron chi connectivity index (χ3n) is 4.73. The van der Waals surface area contributed by atoms with Gasteiger partial charge in [0.05, 0.1) is 19.5 Å². The highest BCUT2D eigenvalue weighted by Crippen LogP contribution is 2.66. The van der Waals surface area contributed by atoms with E-state index < -0.39 is 54.0 Å². The maximum atomic E-state index is 12.1. The van der Waals surface area contributed by atoms with Crippen LogP contribution in [-0.4, -0.2) is 70.1 Å². The van der Waals surface area contributed by atoms with E-state index in [0.717, 1.165) is 0 Å². The van der Waals surface area contributed by atoms with Crippen molar-refractivity contribution in [3.05, 3.63) is 23.1 Å². The maximum Gasteiger partial charge on any atom is 0.490 e. The van der Waals surface area contributed by atoms with E-state index in [1.807, 2.05) is 0 Å². The van der Waals surface area contributed by atoms with Gasteiger partial charge in [0.2, 0.25) is 0 Å². The summed E-state index contributed by atoms with van der Waals surface area (Å²) in [5.41, 5.74) is 13.6. The van der Waals surface area contributed by atoms with Crippen LogP contribution in [0.1, 0.15) is 6.23 Å². The summed E-state index contributed by atoms with van der Waals surface area (Å²) in [5.74, 6) is 0.0850. The van der Waals surface area contributed by atoms with Gasteiger partial charge in [-0.05, 0) is 5.53 Å². The molecule has 0 amide bonds.